The van der Waals surface area contributed by atoms with Crippen LogP contribution >= 0.6 is 0 Å². The van der Waals surface area contributed by atoms with Gasteiger partial charge in [-0.15, -0.1) is 6.58 Å². The van der Waals surface area contributed by atoms with Gasteiger partial charge >= 0.3 is 0 Å². The van der Waals surface area contributed by atoms with Gasteiger partial charge in [-0.05, 0) is 38.0 Å². The first-order valence-electron chi connectivity index (χ1n) is 6.17. The zero-order valence-electron chi connectivity index (χ0n) is 11.1. The highest BCUT2D eigenvalue weighted by molar-refractivity contribution is 4.89. The molecule has 0 aromatic heterocycles. The van der Waals surface area contributed by atoms with Crippen LogP contribution in [-0.2, 0) is 0 Å². The van der Waals surface area contributed by atoms with E-state index in [1.807, 2.05) is 0 Å². The predicted octanol–water partition coefficient (Wildman–Crippen LogP) is 4.17. The molecule has 1 heteroatoms. The zero-order valence-corrected chi connectivity index (χ0v) is 11.1. The first kappa shape index (κ1) is 14.7. The Morgan fingerprint density at radius 2 is 1.60 bits per heavy atom. The number of allylic oxidation sites excluding steroid dienone is 1. The lowest BCUT2D eigenvalue weighted by Gasteiger charge is -2.36. The Labute approximate surface area is 95.6 Å². The number of hydrogen-bond donors (Lipinski definition) is 1. The van der Waals surface area contributed by atoms with Crippen LogP contribution in [0.1, 0.15) is 60.3 Å². The molecule has 15 heavy (non-hydrogen) atoms. The van der Waals surface area contributed by atoms with E-state index in [2.05, 4.69) is 41.2 Å². The Hall–Kier alpha value is -0.300. The van der Waals surface area contributed by atoms with Crippen molar-refractivity contribution in [2.24, 2.45) is 11.8 Å². The third kappa shape index (κ3) is 4.83. The molecule has 0 atom stereocenters. The van der Waals surface area contributed by atoms with Crippen LogP contribution in [0.4, 0.5) is 0 Å². The average molecular weight is 212 g/mol. The van der Waals surface area contributed by atoms with Crippen molar-refractivity contribution in [2.45, 2.75) is 65.9 Å². The summed E-state index contributed by atoms with van der Waals surface area (Å²) in [5, 5.41) is 10.5. The van der Waals surface area contributed by atoms with Gasteiger partial charge in [0.25, 0.3) is 0 Å². The summed E-state index contributed by atoms with van der Waals surface area (Å²) in [6.07, 6.45) is 4.25. The molecule has 0 rings (SSSR count). The van der Waals surface area contributed by atoms with E-state index in [0.29, 0.717) is 11.8 Å². The molecule has 0 bridgehead atoms. The average Bonchev–Trinajstić information content (AvgIpc) is 2.10. The second-order valence-electron chi connectivity index (χ2n) is 5.46. The Morgan fingerprint density at radius 1 is 1.13 bits per heavy atom. The van der Waals surface area contributed by atoms with Gasteiger partial charge in [0.15, 0.2) is 0 Å². The summed E-state index contributed by atoms with van der Waals surface area (Å²) in [6, 6.07) is 0. The van der Waals surface area contributed by atoms with Crippen molar-refractivity contribution in [3.05, 3.63) is 12.2 Å². The second-order valence-corrected chi connectivity index (χ2v) is 5.46. The Bertz CT molecular complexity index is 184. The van der Waals surface area contributed by atoms with Gasteiger partial charge in [-0.3, -0.25) is 0 Å². The standard InChI is InChI=1S/C14H28O/c1-11(2)9-7-8-10-14(15,12(3)4)13(5)6/h12-13,15H,1,7-10H2,2-6H3. The van der Waals surface area contributed by atoms with Crippen LogP contribution in [-0.4, -0.2) is 10.7 Å². The number of aliphatic hydroxyl groups is 1. The number of unbranched alkanes of at least 4 members (excludes halogenated alkanes) is 1. The Morgan fingerprint density at radius 3 is 1.93 bits per heavy atom. The Balaban J connectivity index is 4.03. The first-order valence-corrected chi connectivity index (χ1v) is 6.17. The summed E-state index contributed by atoms with van der Waals surface area (Å²) in [6.45, 7) is 14.4. The van der Waals surface area contributed by atoms with Gasteiger partial charge < -0.3 is 5.11 Å². The fourth-order valence-electron chi connectivity index (χ4n) is 2.08. The molecular formula is C14H28O. The van der Waals surface area contributed by atoms with Crippen molar-refractivity contribution in [3.63, 3.8) is 0 Å². The molecule has 0 saturated heterocycles. The summed E-state index contributed by atoms with van der Waals surface area (Å²) in [7, 11) is 0. The third-order valence-corrected chi connectivity index (χ3v) is 3.43. The van der Waals surface area contributed by atoms with Crippen LogP contribution in [0.5, 0.6) is 0 Å². The summed E-state index contributed by atoms with van der Waals surface area (Å²) in [5.74, 6) is 0.671. The van der Waals surface area contributed by atoms with Gasteiger partial charge in [-0.25, -0.2) is 0 Å². The molecule has 0 saturated carbocycles. The lowest BCUT2D eigenvalue weighted by Crippen LogP contribution is -2.40. The van der Waals surface area contributed by atoms with E-state index in [1.165, 1.54) is 5.57 Å². The van der Waals surface area contributed by atoms with Gasteiger partial charge in [0.2, 0.25) is 0 Å². The highest BCUT2D eigenvalue weighted by Gasteiger charge is 2.33. The van der Waals surface area contributed by atoms with Gasteiger partial charge in [0.05, 0.1) is 5.60 Å². The molecule has 0 aliphatic rings. The minimum atomic E-state index is -0.491. The molecule has 90 valence electrons. The summed E-state index contributed by atoms with van der Waals surface area (Å²) in [4.78, 5) is 0. The molecule has 1 nitrogen and oxygen atoms in total. The van der Waals surface area contributed by atoms with Crippen molar-refractivity contribution in [2.75, 3.05) is 0 Å². The lowest BCUT2D eigenvalue weighted by molar-refractivity contribution is -0.0554. The van der Waals surface area contributed by atoms with Crippen LogP contribution < -0.4 is 0 Å². The van der Waals surface area contributed by atoms with Gasteiger partial charge in [0.1, 0.15) is 0 Å². The molecule has 0 aromatic carbocycles. The maximum Gasteiger partial charge on any atom is 0.0693 e. The fraction of sp³-hybridized carbons (Fsp3) is 0.857. The van der Waals surface area contributed by atoms with E-state index in [-0.39, 0.29) is 0 Å². The largest absolute Gasteiger partial charge is 0.389 e. The van der Waals surface area contributed by atoms with Crippen LogP contribution in [0.25, 0.3) is 0 Å². The highest BCUT2D eigenvalue weighted by atomic mass is 16.3. The minimum absolute atomic E-state index is 0.335. The fourth-order valence-corrected chi connectivity index (χ4v) is 2.08. The van der Waals surface area contributed by atoms with E-state index in [9.17, 15) is 5.11 Å². The Kier molecular flexibility index (Phi) is 6.19. The SMILES string of the molecule is C=C(C)CCCCC(O)(C(C)C)C(C)C. The smallest absolute Gasteiger partial charge is 0.0693 e. The van der Waals surface area contributed by atoms with Crippen molar-refractivity contribution in [1.29, 1.82) is 0 Å². The van der Waals surface area contributed by atoms with Crippen LogP contribution in [0, 0.1) is 11.8 Å². The van der Waals surface area contributed by atoms with Gasteiger partial charge in [0, 0.05) is 0 Å². The molecule has 0 spiro atoms. The summed E-state index contributed by atoms with van der Waals surface area (Å²) >= 11 is 0. The van der Waals surface area contributed by atoms with Crippen molar-refractivity contribution in [1.82, 2.24) is 0 Å². The molecule has 1 N–H and O–H groups in total. The maximum absolute atomic E-state index is 10.5. The van der Waals surface area contributed by atoms with Gasteiger partial charge in [-0.1, -0.05) is 39.7 Å². The van der Waals surface area contributed by atoms with E-state index in [0.717, 1.165) is 25.7 Å². The predicted molar refractivity (Wildman–Crippen MR) is 67.9 cm³/mol. The van der Waals surface area contributed by atoms with Gasteiger partial charge in [-0.2, -0.15) is 0 Å². The normalized spacial score (nSPS) is 12.5. The van der Waals surface area contributed by atoms with E-state index in [4.69, 9.17) is 0 Å². The molecule has 0 heterocycles. The minimum Gasteiger partial charge on any atom is -0.389 e. The molecule has 0 unspecified atom stereocenters. The van der Waals surface area contributed by atoms with Crippen molar-refractivity contribution in [3.8, 4) is 0 Å². The van der Waals surface area contributed by atoms with Crippen LogP contribution in [0.2, 0.25) is 0 Å². The zero-order chi connectivity index (χ0) is 12.1. The highest BCUT2D eigenvalue weighted by Crippen LogP contribution is 2.31. The van der Waals surface area contributed by atoms with E-state index >= 15 is 0 Å². The quantitative estimate of drug-likeness (QED) is 0.496. The molecule has 0 fully saturated rings. The molecule has 0 radical (unpaired) electrons. The van der Waals surface area contributed by atoms with Crippen molar-refractivity contribution >= 4 is 0 Å². The summed E-state index contributed by atoms with van der Waals surface area (Å²) in [5.41, 5.74) is 0.752. The topological polar surface area (TPSA) is 20.2 Å². The first-order chi connectivity index (χ1) is 6.80. The lowest BCUT2D eigenvalue weighted by atomic mass is 9.77. The third-order valence-electron chi connectivity index (χ3n) is 3.43. The molecule has 0 amide bonds. The van der Waals surface area contributed by atoms with E-state index in [1.54, 1.807) is 0 Å². The van der Waals surface area contributed by atoms with Crippen LogP contribution in [0.3, 0.4) is 0 Å². The summed E-state index contributed by atoms with van der Waals surface area (Å²) < 4.78 is 0. The maximum atomic E-state index is 10.5. The monoisotopic (exact) mass is 212 g/mol. The van der Waals surface area contributed by atoms with Crippen LogP contribution in [0.15, 0.2) is 12.2 Å². The molecule has 0 aliphatic heterocycles. The van der Waals surface area contributed by atoms with Crippen molar-refractivity contribution < 1.29 is 5.11 Å². The molecule has 0 aliphatic carbocycles. The molecule has 0 aromatic rings. The van der Waals surface area contributed by atoms with E-state index < -0.39 is 5.60 Å². The number of rotatable bonds is 7. The number of hydrogen-bond acceptors (Lipinski definition) is 1. The molecular weight excluding hydrogens is 184 g/mol. The second kappa shape index (κ2) is 6.32.